The van der Waals surface area contributed by atoms with Crippen molar-refractivity contribution < 1.29 is 52.0 Å². The van der Waals surface area contributed by atoms with Crippen LogP contribution in [0.25, 0.3) is 22.3 Å². The Kier molecular flexibility index (Phi) is 8.01. The van der Waals surface area contributed by atoms with E-state index in [4.69, 9.17) is 30.0 Å². The molecule has 4 aromatic heterocycles. The number of H-pyrrole nitrogens is 1. The van der Waals surface area contributed by atoms with Crippen LogP contribution in [0.1, 0.15) is 25.3 Å². The monoisotopic (exact) mass is 660 g/mol. The number of imidazole rings is 2. The highest BCUT2D eigenvalue weighted by molar-refractivity contribution is 7.47. The molecule has 22 nitrogen and oxygen atoms in total. The van der Waals surface area contributed by atoms with Gasteiger partial charge in [-0.05, 0) is 12.8 Å². The molecular formula is C20H26N10O12P2. The summed E-state index contributed by atoms with van der Waals surface area (Å²) >= 11 is 0. The van der Waals surface area contributed by atoms with Crippen LogP contribution < -0.4 is 17.0 Å². The van der Waals surface area contributed by atoms with E-state index in [-0.39, 0.29) is 34.1 Å². The summed E-state index contributed by atoms with van der Waals surface area (Å²) in [6.45, 7) is -1.26. The minimum absolute atomic E-state index is 0.0373. The molecule has 2 aliphatic rings. The Morgan fingerprint density at radius 2 is 1.73 bits per heavy atom. The van der Waals surface area contributed by atoms with Crippen molar-refractivity contribution in [1.82, 2.24) is 39.0 Å². The molecule has 2 aliphatic heterocycles. The van der Waals surface area contributed by atoms with E-state index in [0.29, 0.717) is 12.8 Å². The van der Waals surface area contributed by atoms with E-state index in [9.17, 15) is 33.7 Å². The van der Waals surface area contributed by atoms with Gasteiger partial charge in [0.25, 0.3) is 5.56 Å². The number of aromatic amines is 1. The lowest BCUT2D eigenvalue weighted by molar-refractivity contribution is -0.0514. The average Bonchev–Trinajstić information content (AvgIpc) is 3.73. The number of aliphatic hydroxyl groups excluding tert-OH is 1. The maximum Gasteiger partial charge on any atom is 0.472 e. The van der Waals surface area contributed by atoms with Crippen molar-refractivity contribution in [3.05, 3.63) is 29.3 Å². The van der Waals surface area contributed by atoms with Gasteiger partial charge in [-0.3, -0.25) is 32.5 Å². The van der Waals surface area contributed by atoms with Crippen molar-refractivity contribution in [3.8, 4) is 0 Å². The number of nitrogens with two attached hydrogens (primary N) is 2. The molecular weight excluding hydrogens is 634 g/mol. The standard InChI is InChI=1S/C20H26N10O12P2/c21-15-11-16(24-5-23-15)30(7-25-11)19-13(31)14(9(41-19)4-38-43(33,34)35)42-44(36,37)39-3-8-1-2-10(40-8)29-6-26-12-17(29)27-20(22)28-18(12)32/h5-10,13-14,19,31H,1-4H2,(H,36,37)(H2,21,23,24)(H2,33,34,35)(H3,22,27,28,32)/t8-,9+,10+,13+,14+,19+/m0/s1. The average molecular weight is 660 g/mol. The summed E-state index contributed by atoms with van der Waals surface area (Å²) in [5.41, 5.74) is 11.5. The molecule has 44 heavy (non-hydrogen) atoms. The van der Waals surface area contributed by atoms with Gasteiger partial charge >= 0.3 is 15.6 Å². The number of ether oxygens (including phenoxy) is 2. The van der Waals surface area contributed by atoms with E-state index in [0.717, 1.165) is 6.33 Å². The van der Waals surface area contributed by atoms with Crippen molar-refractivity contribution in [2.75, 3.05) is 24.7 Å². The van der Waals surface area contributed by atoms with E-state index >= 15 is 0 Å². The molecule has 0 amide bonds. The number of nitrogens with zero attached hydrogens (tertiary/aromatic N) is 7. The van der Waals surface area contributed by atoms with Gasteiger partial charge < -0.3 is 40.7 Å². The highest BCUT2D eigenvalue weighted by atomic mass is 31.2. The van der Waals surface area contributed by atoms with Crippen LogP contribution in [0, 0.1) is 0 Å². The van der Waals surface area contributed by atoms with Crippen molar-refractivity contribution in [3.63, 3.8) is 0 Å². The Morgan fingerprint density at radius 3 is 2.50 bits per heavy atom. The molecule has 6 heterocycles. The van der Waals surface area contributed by atoms with E-state index in [2.05, 4.69) is 34.4 Å². The largest absolute Gasteiger partial charge is 0.472 e. The van der Waals surface area contributed by atoms with Crippen molar-refractivity contribution in [2.45, 2.75) is 49.7 Å². The molecule has 7 atom stereocenters. The topological polar surface area (TPSA) is 320 Å². The van der Waals surface area contributed by atoms with Crippen LogP contribution in [0.4, 0.5) is 11.8 Å². The van der Waals surface area contributed by atoms with Gasteiger partial charge in [-0.15, -0.1) is 0 Å². The van der Waals surface area contributed by atoms with Crippen LogP contribution in [0.3, 0.4) is 0 Å². The van der Waals surface area contributed by atoms with Gasteiger partial charge in [-0.2, -0.15) is 4.98 Å². The highest BCUT2D eigenvalue weighted by Gasteiger charge is 2.50. The number of phosphoric ester groups is 2. The number of phosphoric acid groups is 2. The maximum atomic E-state index is 13.0. The lowest BCUT2D eigenvalue weighted by atomic mass is 10.1. The number of hydrogen-bond acceptors (Lipinski definition) is 16. The number of nitrogens with one attached hydrogen (secondary N) is 1. The Balaban J connectivity index is 1.14. The van der Waals surface area contributed by atoms with Gasteiger partial charge in [0, 0.05) is 0 Å². The third-order valence-corrected chi connectivity index (χ3v) is 8.37. The summed E-state index contributed by atoms with van der Waals surface area (Å²) in [6, 6.07) is 0. The number of fused-ring (bicyclic) bond motifs is 2. The molecule has 9 N–H and O–H groups in total. The van der Waals surface area contributed by atoms with Gasteiger partial charge in [0.15, 0.2) is 28.9 Å². The molecule has 0 radical (unpaired) electrons. The normalized spacial score (nSPS) is 27.4. The smallest absolute Gasteiger partial charge is 0.386 e. The first-order valence-corrected chi connectivity index (χ1v) is 15.8. The molecule has 6 rings (SSSR count). The number of anilines is 2. The molecule has 0 aromatic carbocycles. The molecule has 0 saturated carbocycles. The molecule has 4 aromatic rings. The fourth-order valence-electron chi connectivity index (χ4n) is 4.97. The van der Waals surface area contributed by atoms with E-state index in [1.807, 2.05) is 0 Å². The summed E-state index contributed by atoms with van der Waals surface area (Å²) in [4.78, 5) is 63.4. The molecule has 0 bridgehead atoms. The van der Waals surface area contributed by atoms with Gasteiger partial charge in [0.05, 0.1) is 32.0 Å². The summed E-state index contributed by atoms with van der Waals surface area (Å²) < 4.78 is 53.6. The van der Waals surface area contributed by atoms with E-state index in [1.54, 1.807) is 0 Å². The van der Waals surface area contributed by atoms with Gasteiger partial charge in [0.2, 0.25) is 5.95 Å². The number of hydrogen-bond donors (Lipinski definition) is 7. The lowest BCUT2D eigenvalue weighted by Gasteiger charge is -2.24. The molecule has 2 saturated heterocycles. The summed E-state index contributed by atoms with van der Waals surface area (Å²) in [5, 5.41) is 11.1. The number of rotatable bonds is 10. The lowest BCUT2D eigenvalue weighted by Crippen LogP contribution is -2.36. The molecule has 0 spiro atoms. The maximum absolute atomic E-state index is 13.0. The summed E-state index contributed by atoms with van der Waals surface area (Å²) in [5.74, 6) is -0.0701. The third kappa shape index (κ3) is 6.10. The van der Waals surface area contributed by atoms with Crippen LogP contribution in [0.2, 0.25) is 0 Å². The second-order valence-corrected chi connectivity index (χ2v) is 12.5. The Bertz CT molecular complexity index is 1840. The van der Waals surface area contributed by atoms with Crippen LogP contribution in [0.15, 0.2) is 23.8 Å². The summed E-state index contributed by atoms with van der Waals surface area (Å²) in [7, 11) is -9.96. The minimum Gasteiger partial charge on any atom is -0.386 e. The van der Waals surface area contributed by atoms with Crippen LogP contribution >= 0.6 is 15.6 Å². The zero-order valence-electron chi connectivity index (χ0n) is 22.3. The zero-order valence-corrected chi connectivity index (χ0v) is 24.0. The first kappa shape index (κ1) is 30.6. The van der Waals surface area contributed by atoms with Crippen LogP contribution in [-0.4, -0.2) is 96.5 Å². The van der Waals surface area contributed by atoms with E-state index < -0.39 is 71.3 Å². The number of aromatic nitrogens is 8. The summed E-state index contributed by atoms with van der Waals surface area (Å²) in [6.07, 6.45) is -3.03. The van der Waals surface area contributed by atoms with Gasteiger partial charge in [-0.25, -0.2) is 29.1 Å². The van der Waals surface area contributed by atoms with Gasteiger partial charge in [0.1, 0.15) is 36.4 Å². The van der Waals surface area contributed by atoms with Crippen molar-refractivity contribution in [1.29, 1.82) is 0 Å². The fraction of sp³-hybridized carbons (Fsp3) is 0.500. The van der Waals surface area contributed by atoms with Crippen molar-refractivity contribution in [2.24, 2.45) is 0 Å². The molecule has 0 aliphatic carbocycles. The predicted octanol–water partition coefficient (Wildman–Crippen LogP) is -1.33. The third-order valence-electron chi connectivity index (χ3n) is 6.90. The molecule has 238 valence electrons. The van der Waals surface area contributed by atoms with Crippen molar-refractivity contribution >= 4 is 49.7 Å². The Morgan fingerprint density at radius 1 is 0.977 bits per heavy atom. The first-order valence-electron chi connectivity index (χ1n) is 12.8. The van der Waals surface area contributed by atoms with Crippen LogP contribution in [0.5, 0.6) is 0 Å². The quantitative estimate of drug-likeness (QED) is 0.0969. The number of aliphatic hydroxyl groups is 1. The first-order chi connectivity index (χ1) is 20.8. The second kappa shape index (κ2) is 11.5. The highest BCUT2D eigenvalue weighted by Crippen LogP contribution is 2.50. The SMILES string of the molecule is Nc1nc2c(ncn2[C@H]2CC[C@@H](COP(=O)(O)O[C@H]3[C@@H](O)[C@H](n4cnc5c(N)ncnc54)O[C@@H]3COP(=O)(O)O)O2)c(=O)[nH]1. The van der Waals surface area contributed by atoms with E-state index in [1.165, 1.54) is 21.8 Å². The molecule has 24 heteroatoms. The zero-order chi connectivity index (χ0) is 31.4. The van der Waals surface area contributed by atoms with Gasteiger partial charge in [-0.1, -0.05) is 0 Å². The predicted molar refractivity (Wildman–Crippen MR) is 144 cm³/mol. The van der Waals surface area contributed by atoms with Crippen LogP contribution in [-0.2, 0) is 32.2 Å². The molecule has 1 unspecified atom stereocenters. The second-order valence-electron chi connectivity index (χ2n) is 9.82. The molecule has 2 fully saturated rings. The Labute approximate surface area is 244 Å². The fourth-order valence-corrected chi connectivity index (χ4v) is 6.29. The minimum atomic E-state index is -5.01. The Hall–Kier alpha value is -3.40. The number of nitrogen functional groups attached to an aromatic ring is 2.